The lowest BCUT2D eigenvalue weighted by Crippen LogP contribution is -2.18. The second-order valence-corrected chi connectivity index (χ2v) is 4.13. The Kier molecular flexibility index (Phi) is 2.19. The van der Waals surface area contributed by atoms with Crippen molar-refractivity contribution in [2.75, 3.05) is 14.1 Å². The number of benzene rings is 1. The highest BCUT2D eigenvalue weighted by Crippen LogP contribution is 2.33. The number of methoxy groups -OCH3 is 2. The van der Waals surface area contributed by atoms with Crippen molar-refractivity contribution >= 4 is 15.9 Å². The van der Waals surface area contributed by atoms with Crippen LogP contribution in [-0.2, 0) is 6.42 Å². The second kappa shape index (κ2) is 5.37. The van der Waals surface area contributed by atoms with Gasteiger partial charge in [0.15, 0.2) is 0 Å². The van der Waals surface area contributed by atoms with Gasteiger partial charge in [0.25, 0.3) is 0 Å². The minimum absolute atomic E-state index is 0.0727. The van der Waals surface area contributed by atoms with Gasteiger partial charge in [-0.2, -0.15) is 0 Å². The molecule has 0 aliphatic heterocycles. The molecular formula is C11H16BrNO2. The SMILES string of the molecule is [2H]C([2H])([2H])Oc1cc(CC(C)N)c(OC([2H])([2H])[2H])cc1Br. The summed E-state index contributed by atoms with van der Waals surface area (Å²) in [5, 5.41) is 0. The van der Waals surface area contributed by atoms with Crippen LogP contribution in [0.5, 0.6) is 11.5 Å². The number of ether oxygens (including phenoxy) is 2. The van der Waals surface area contributed by atoms with Gasteiger partial charge in [-0.25, -0.2) is 0 Å². The predicted octanol–water partition coefficient (Wildman–Crippen LogP) is 2.36. The summed E-state index contributed by atoms with van der Waals surface area (Å²) < 4.78 is 52.9. The lowest BCUT2D eigenvalue weighted by atomic mass is 10.1. The molecule has 1 atom stereocenters. The Morgan fingerprint density at radius 2 is 2.07 bits per heavy atom. The summed E-state index contributed by atoms with van der Waals surface area (Å²) in [6, 6.07) is 2.53. The zero-order chi connectivity index (χ0) is 16.4. The van der Waals surface area contributed by atoms with Gasteiger partial charge in [0.2, 0.25) is 0 Å². The van der Waals surface area contributed by atoms with Gasteiger partial charge in [-0.05, 0) is 47.0 Å². The second-order valence-electron chi connectivity index (χ2n) is 3.28. The van der Waals surface area contributed by atoms with E-state index in [4.69, 9.17) is 23.4 Å². The molecule has 0 bridgehead atoms. The lowest BCUT2D eigenvalue weighted by molar-refractivity contribution is 0.395. The van der Waals surface area contributed by atoms with Gasteiger partial charge in [0, 0.05) is 6.04 Å². The average molecular weight is 280 g/mol. The van der Waals surface area contributed by atoms with Crippen molar-refractivity contribution in [3.05, 3.63) is 22.2 Å². The number of nitrogens with two attached hydrogens (primary N) is 1. The molecule has 0 saturated heterocycles. The summed E-state index contributed by atoms with van der Waals surface area (Å²) in [6.45, 7) is 1.74. The predicted molar refractivity (Wildman–Crippen MR) is 64.6 cm³/mol. The average Bonchev–Trinajstić information content (AvgIpc) is 2.19. The van der Waals surface area contributed by atoms with E-state index in [1.165, 1.54) is 12.1 Å². The molecule has 1 aromatic carbocycles. The van der Waals surface area contributed by atoms with Crippen molar-refractivity contribution < 1.29 is 17.7 Å². The van der Waals surface area contributed by atoms with Gasteiger partial charge in [-0.1, -0.05) is 0 Å². The van der Waals surface area contributed by atoms with Crippen LogP contribution in [0.25, 0.3) is 0 Å². The number of halogens is 1. The van der Waals surface area contributed by atoms with Crippen LogP contribution in [0, 0.1) is 0 Å². The van der Waals surface area contributed by atoms with Crippen LogP contribution in [0.3, 0.4) is 0 Å². The molecule has 4 heteroatoms. The quantitative estimate of drug-likeness (QED) is 0.920. The fourth-order valence-electron chi connectivity index (χ4n) is 1.26. The summed E-state index contributed by atoms with van der Waals surface area (Å²) in [5.41, 5.74) is 6.17. The van der Waals surface area contributed by atoms with Crippen molar-refractivity contribution in [2.45, 2.75) is 19.4 Å². The minimum atomic E-state index is -2.61. The van der Waals surface area contributed by atoms with Crippen molar-refractivity contribution in [2.24, 2.45) is 5.73 Å². The molecule has 0 saturated carbocycles. The summed E-state index contributed by atoms with van der Waals surface area (Å²) in [5.74, 6) is 0.181. The Morgan fingerprint density at radius 3 is 2.67 bits per heavy atom. The van der Waals surface area contributed by atoms with Crippen molar-refractivity contribution in [3.8, 4) is 11.5 Å². The molecule has 0 aromatic heterocycles. The van der Waals surface area contributed by atoms with E-state index in [2.05, 4.69) is 15.9 Å². The Labute approximate surface area is 107 Å². The van der Waals surface area contributed by atoms with Crippen LogP contribution in [0.15, 0.2) is 16.6 Å². The van der Waals surface area contributed by atoms with Crippen molar-refractivity contribution in [3.63, 3.8) is 0 Å². The van der Waals surface area contributed by atoms with Gasteiger partial charge < -0.3 is 15.2 Å². The smallest absolute Gasteiger partial charge is 0.133 e. The van der Waals surface area contributed by atoms with E-state index < -0.39 is 14.1 Å². The number of hydrogen-bond acceptors (Lipinski definition) is 3. The Balaban J connectivity index is 3.22. The Morgan fingerprint density at radius 1 is 1.40 bits per heavy atom. The molecule has 0 aliphatic rings. The van der Waals surface area contributed by atoms with Crippen LogP contribution >= 0.6 is 15.9 Å². The summed E-state index contributed by atoms with van der Waals surface area (Å²) >= 11 is 3.14. The zero-order valence-electron chi connectivity index (χ0n) is 14.2. The first-order valence-electron chi connectivity index (χ1n) is 7.33. The first-order chi connectivity index (χ1) is 9.37. The summed E-state index contributed by atoms with van der Waals surface area (Å²) in [7, 11) is -5.22. The number of rotatable bonds is 4. The molecule has 2 N–H and O–H groups in total. The molecule has 0 spiro atoms. The van der Waals surface area contributed by atoms with Gasteiger partial charge >= 0.3 is 0 Å². The highest BCUT2D eigenvalue weighted by molar-refractivity contribution is 9.10. The normalized spacial score (nSPS) is 19.9. The highest BCUT2D eigenvalue weighted by atomic mass is 79.9. The van der Waals surface area contributed by atoms with Gasteiger partial charge in [0.05, 0.1) is 26.8 Å². The molecule has 84 valence electrons. The van der Waals surface area contributed by atoms with E-state index in [0.717, 1.165) is 0 Å². The molecule has 3 nitrogen and oxygen atoms in total. The first-order valence-corrected chi connectivity index (χ1v) is 5.13. The zero-order valence-corrected chi connectivity index (χ0v) is 9.80. The minimum Gasteiger partial charge on any atom is -0.496 e. The van der Waals surface area contributed by atoms with Gasteiger partial charge in [-0.3, -0.25) is 0 Å². The van der Waals surface area contributed by atoms with Gasteiger partial charge in [0.1, 0.15) is 11.5 Å². The third kappa shape index (κ3) is 3.11. The molecule has 15 heavy (non-hydrogen) atoms. The van der Waals surface area contributed by atoms with Crippen LogP contribution < -0.4 is 15.2 Å². The van der Waals surface area contributed by atoms with Crippen LogP contribution in [0.2, 0.25) is 0 Å². The maximum Gasteiger partial charge on any atom is 0.133 e. The summed E-state index contributed by atoms with van der Waals surface area (Å²) in [4.78, 5) is 0. The molecule has 1 aromatic rings. The maximum atomic E-state index is 7.16. The van der Waals surface area contributed by atoms with E-state index in [1.807, 2.05) is 0 Å². The monoisotopic (exact) mass is 279 g/mol. The van der Waals surface area contributed by atoms with Crippen molar-refractivity contribution in [1.82, 2.24) is 0 Å². The molecule has 1 unspecified atom stereocenters. The molecule has 0 fully saturated rings. The molecular weight excluding hydrogens is 258 g/mol. The fourth-order valence-corrected chi connectivity index (χ4v) is 1.66. The van der Waals surface area contributed by atoms with E-state index in [1.54, 1.807) is 6.92 Å². The largest absolute Gasteiger partial charge is 0.496 e. The van der Waals surface area contributed by atoms with Gasteiger partial charge in [-0.15, -0.1) is 0 Å². The highest BCUT2D eigenvalue weighted by Gasteiger charge is 2.10. The molecule has 0 heterocycles. The molecule has 1 rings (SSSR count). The molecule has 0 aliphatic carbocycles. The fraction of sp³-hybridized carbons (Fsp3) is 0.455. The van der Waals surface area contributed by atoms with E-state index >= 15 is 0 Å². The Bertz CT molecular complexity index is 501. The lowest BCUT2D eigenvalue weighted by Gasteiger charge is -2.13. The van der Waals surface area contributed by atoms with E-state index in [-0.39, 0.29) is 22.0 Å². The first kappa shape index (κ1) is 6.11. The molecule has 0 amide bonds. The third-order valence-corrected chi connectivity index (χ3v) is 2.50. The van der Waals surface area contributed by atoms with Crippen LogP contribution in [-0.4, -0.2) is 20.1 Å². The van der Waals surface area contributed by atoms with Crippen molar-refractivity contribution in [1.29, 1.82) is 0 Å². The van der Waals surface area contributed by atoms with E-state index in [0.29, 0.717) is 12.0 Å². The Hall–Kier alpha value is -0.740. The van der Waals surface area contributed by atoms with E-state index in [9.17, 15) is 0 Å². The number of hydrogen-bond donors (Lipinski definition) is 1. The van der Waals surface area contributed by atoms with Crippen LogP contribution in [0.4, 0.5) is 0 Å². The maximum absolute atomic E-state index is 7.16. The third-order valence-electron chi connectivity index (χ3n) is 1.88. The van der Waals surface area contributed by atoms with Crippen LogP contribution in [0.1, 0.15) is 20.7 Å². The topological polar surface area (TPSA) is 44.5 Å². The molecule has 0 radical (unpaired) electrons. The standard InChI is InChI=1S/C11H16BrNO2/c1-7(13)4-8-5-11(15-3)9(12)6-10(8)14-2/h5-7H,4,13H2,1-3H3/i2D3,3D3. The summed E-state index contributed by atoms with van der Waals surface area (Å²) in [6.07, 6.45) is 0.316.